The molecule has 0 radical (unpaired) electrons. The standard InChI is InChI=1S/C14H19N3O3/c1-10-2-3-11(8-15-10)9-16-14(20)17(12-4-5-12)7-6-13(18)19/h2-3,8,12H,4-7,9H2,1H3,(H,16,20)(H,18,19). The van der Waals surface area contributed by atoms with Gasteiger partial charge in [0, 0.05) is 31.0 Å². The molecule has 1 aromatic heterocycles. The van der Waals surface area contributed by atoms with Crippen molar-refractivity contribution in [2.45, 2.75) is 38.8 Å². The number of amides is 2. The van der Waals surface area contributed by atoms with Crippen LogP contribution in [0.15, 0.2) is 18.3 Å². The van der Waals surface area contributed by atoms with Gasteiger partial charge in [-0.05, 0) is 31.4 Å². The van der Waals surface area contributed by atoms with E-state index in [-0.39, 0.29) is 25.0 Å². The van der Waals surface area contributed by atoms with E-state index in [1.54, 1.807) is 11.1 Å². The zero-order chi connectivity index (χ0) is 14.5. The monoisotopic (exact) mass is 277 g/mol. The number of nitrogens with zero attached hydrogens (tertiary/aromatic N) is 2. The number of nitrogens with one attached hydrogen (secondary N) is 1. The Kier molecular flexibility index (Phi) is 4.55. The van der Waals surface area contributed by atoms with Crippen LogP contribution in [-0.4, -0.2) is 39.6 Å². The van der Waals surface area contributed by atoms with Crippen LogP contribution >= 0.6 is 0 Å². The SMILES string of the molecule is Cc1ccc(CNC(=O)N(CCC(=O)O)C2CC2)cn1. The Morgan fingerprint density at radius 1 is 1.45 bits per heavy atom. The van der Waals surface area contributed by atoms with Crippen molar-refractivity contribution in [1.82, 2.24) is 15.2 Å². The molecule has 2 amide bonds. The molecule has 2 rings (SSSR count). The van der Waals surface area contributed by atoms with Gasteiger partial charge in [0.2, 0.25) is 0 Å². The molecular formula is C14H19N3O3. The minimum absolute atomic E-state index is 0.0178. The van der Waals surface area contributed by atoms with E-state index in [1.807, 2.05) is 19.1 Å². The third-order valence-corrected chi connectivity index (χ3v) is 3.23. The van der Waals surface area contributed by atoms with Crippen LogP contribution in [0.5, 0.6) is 0 Å². The first-order chi connectivity index (χ1) is 9.56. The van der Waals surface area contributed by atoms with Gasteiger partial charge in [-0.2, -0.15) is 0 Å². The zero-order valence-corrected chi connectivity index (χ0v) is 11.5. The van der Waals surface area contributed by atoms with Crippen LogP contribution in [0.1, 0.15) is 30.5 Å². The first-order valence-electron chi connectivity index (χ1n) is 6.74. The van der Waals surface area contributed by atoms with Crippen LogP contribution in [0, 0.1) is 6.92 Å². The Morgan fingerprint density at radius 2 is 2.20 bits per heavy atom. The number of carbonyl (C=O) groups excluding carboxylic acids is 1. The molecule has 1 saturated carbocycles. The van der Waals surface area contributed by atoms with E-state index in [1.165, 1.54) is 0 Å². The van der Waals surface area contributed by atoms with Crippen molar-refractivity contribution in [2.75, 3.05) is 6.54 Å². The van der Waals surface area contributed by atoms with Crippen molar-refractivity contribution in [1.29, 1.82) is 0 Å². The fourth-order valence-electron chi connectivity index (χ4n) is 1.93. The third kappa shape index (κ3) is 4.22. The summed E-state index contributed by atoms with van der Waals surface area (Å²) in [7, 11) is 0. The van der Waals surface area contributed by atoms with Crippen molar-refractivity contribution in [2.24, 2.45) is 0 Å². The number of aryl methyl sites for hydroxylation is 1. The number of hydrogen-bond acceptors (Lipinski definition) is 3. The summed E-state index contributed by atoms with van der Waals surface area (Å²) in [5.41, 5.74) is 1.86. The number of aliphatic carboxylic acids is 1. The van der Waals surface area contributed by atoms with Gasteiger partial charge in [-0.3, -0.25) is 9.78 Å². The number of carboxylic acids is 1. The Morgan fingerprint density at radius 3 is 2.75 bits per heavy atom. The molecule has 0 spiro atoms. The Hall–Kier alpha value is -2.11. The smallest absolute Gasteiger partial charge is 0.317 e. The summed E-state index contributed by atoms with van der Waals surface area (Å²) >= 11 is 0. The molecule has 0 saturated heterocycles. The second-order valence-electron chi connectivity index (χ2n) is 5.03. The second-order valence-corrected chi connectivity index (χ2v) is 5.03. The molecule has 1 aliphatic carbocycles. The number of carboxylic acid groups (broad SMARTS) is 1. The van der Waals surface area contributed by atoms with Gasteiger partial charge in [0.25, 0.3) is 0 Å². The molecule has 20 heavy (non-hydrogen) atoms. The van der Waals surface area contributed by atoms with E-state index in [4.69, 9.17) is 5.11 Å². The molecule has 2 N–H and O–H groups in total. The maximum absolute atomic E-state index is 12.1. The molecule has 0 aromatic carbocycles. The van der Waals surface area contributed by atoms with E-state index < -0.39 is 5.97 Å². The van der Waals surface area contributed by atoms with Gasteiger partial charge in [-0.1, -0.05) is 6.07 Å². The highest BCUT2D eigenvalue weighted by Gasteiger charge is 2.32. The van der Waals surface area contributed by atoms with Gasteiger partial charge in [0.05, 0.1) is 6.42 Å². The van der Waals surface area contributed by atoms with Crippen molar-refractivity contribution < 1.29 is 14.7 Å². The first-order valence-corrected chi connectivity index (χ1v) is 6.74. The summed E-state index contributed by atoms with van der Waals surface area (Å²) in [6.45, 7) is 2.57. The molecule has 6 nitrogen and oxygen atoms in total. The summed E-state index contributed by atoms with van der Waals surface area (Å²) in [5.74, 6) is -0.883. The molecule has 108 valence electrons. The van der Waals surface area contributed by atoms with Gasteiger partial charge < -0.3 is 15.3 Å². The second kappa shape index (κ2) is 6.36. The number of pyridine rings is 1. The van der Waals surface area contributed by atoms with Gasteiger partial charge in [-0.15, -0.1) is 0 Å². The predicted octanol–water partition coefficient (Wildman–Crippen LogP) is 1.54. The van der Waals surface area contributed by atoms with Crippen LogP contribution in [-0.2, 0) is 11.3 Å². The molecule has 0 bridgehead atoms. The summed E-state index contributed by atoms with van der Waals surface area (Å²) in [6, 6.07) is 3.81. The van der Waals surface area contributed by atoms with Crippen molar-refractivity contribution in [3.63, 3.8) is 0 Å². The number of urea groups is 1. The fraction of sp³-hybridized carbons (Fsp3) is 0.500. The Labute approximate surface area is 117 Å². The van der Waals surface area contributed by atoms with E-state index >= 15 is 0 Å². The number of rotatable bonds is 6. The molecule has 1 aromatic rings. The predicted molar refractivity (Wildman–Crippen MR) is 73.2 cm³/mol. The quantitative estimate of drug-likeness (QED) is 0.826. The number of aromatic nitrogens is 1. The maximum atomic E-state index is 12.1. The lowest BCUT2D eigenvalue weighted by atomic mass is 10.2. The van der Waals surface area contributed by atoms with Crippen LogP contribution in [0.4, 0.5) is 4.79 Å². The minimum Gasteiger partial charge on any atom is -0.481 e. The molecular weight excluding hydrogens is 258 g/mol. The average Bonchev–Trinajstić information content (AvgIpc) is 3.22. The van der Waals surface area contributed by atoms with Crippen molar-refractivity contribution >= 4 is 12.0 Å². The third-order valence-electron chi connectivity index (χ3n) is 3.23. The minimum atomic E-state index is -0.883. The number of hydrogen-bond donors (Lipinski definition) is 2. The molecule has 0 unspecified atom stereocenters. The molecule has 1 heterocycles. The highest BCUT2D eigenvalue weighted by molar-refractivity contribution is 5.76. The normalized spacial score (nSPS) is 13.8. The molecule has 0 atom stereocenters. The van der Waals surface area contributed by atoms with Gasteiger partial charge >= 0.3 is 12.0 Å². The lowest BCUT2D eigenvalue weighted by molar-refractivity contribution is -0.137. The topological polar surface area (TPSA) is 82.5 Å². The largest absolute Gasteiger partial charge is 0.481 e. The molecule has 6 heteroatoms. The highest BCUT2D eigenvalue weighted by Crippen LogP contribution is 2.26. The van der Waals surface area contributed by atoms with E-state index in [0.717, 1.165) is 24.1 Å². The van der Waals surface area contributed by atoms with Gasteiger partial charge in [-0.25, -0.2) is 4.79 Å². The maximum Gasteiger partial charge on any atom is 0.317 e. The summed E-state index contributed by atoms with van der Waals surface area (Å²) in [4.78, 5) is 28.5. The average molecular weight is 277 g/mol. The molecule has 1 aliphatic rings. The number of carbonyl (C=O) groups is 2. The molecule has 0 aliphatic heterocycles. The van der Waals surface area contributed by atoms with Crippen LogP contribution in [0.25, 0.3) is 0 Å². The van der Waals surface area contributed by atoms with Crippen molar-refractivity contribution in [3.8, 4) is 0 Å². The Balaban J connectivity index is 1.85. The van der Waals surface area contributed by atoms with Gasteiger partial charge in [0.15, 0.2) is 0 Å². The van der Waals surface area contributed by atoms with E-state index in [2.05, 4.69) is 10.3 Å². The van der Waals surface area contributed by atoms with Crippen LogP contribution in [0.2, 0.25) is 0 Å². The lowest BCUT2D eigenvalue weighted by Gasteiger charge is -2.22. The summed E-state index contributed by atoms with van der Waals surface area (Å²) in [5, 5.41) is 11.5. The van der Waals surface area contributed by atoms with Crippen LogP contribution < -0.4 is 5.32 Å². The lowest BCUT2D eigenvalue weighted by Crippen LogP contribution is -2.42. The van der Waals surface area contributed by atoms with E-state index in [0.29, 0.717) is 6.54 Å². The summed E-state index contributed by atoms with van der Waals surface area (Å²) < 4.78 is 0. The summed E-state index contributed by atoms with van der Waals surface area (Å²) in [6.07, 6.45) is 3.63. The van der Waals surface area contributed by atoms with Crippen LogP contribution in [0.3, 0.4) is 0 Å². The van der Waals surface area contributed by atoms with Crippen molar-refractivity contribution in [3.05, 3.63) is 29.6 Å². The molecule has 1 fully saturated rings. The zero-order valence-electron chi connectivity index (χ0n) is 11.5. The van der Waals surface area contributed by atoms with Gasteiger partial charge in [0.1, 0.15) is 0 Å². The fourth-order valence-corrected chi connectivity index (χ4v) is 1.93. The Bertz CT molecular complexity index is 483. The highest BCUT2D eigenvalue weighted by atomic mass is 16.4. The first kappa shape index (κ1) is 14.3. The van der Waals surface area contributed by atoms with E-state index in [9.17, 15) is 9.59 Å².